The number of aromatic nitrogens is 1. The van der Waals surface area contributed by atoms with Gasteiger partial charge in [-0.25, -0.2) is 9.78 Å². The van der Waals surface area contributed by atoms with Crippen molar-refractivity contribution in [2.75, 3.05) is 44.2 Å². The normalized spacial score (nSPS) is 14.8. The maximum Gasteiger partial charge on any atom is 0.349 e. The van der Waals surface area contributed by atoms with Crippen molar-refractivity contribution >= 4 is 55.9 Å². The number of likely N-dealkylation sites (N-methyl/N-ethyl adjacent to an activating group) is 1. The number of hydrogen-bond acceptors (Lipinski definition) is 7. The molecule has 2 aromatic carbocycles. The van der Waals surface area contributed by atoms with Gasteiger partial charge in [0.15, 0.2) is 11.7 Å². The standard InChI is InChI=1S/C21H21Cl2N3O3S/c1-2-25-7-9-26(10-8-25)21-24-17-5-4-15(12-19(17)30-21)29-20(27)13-28-18-6-3-14(22)11-16(18)23/h3-6,11-12H,2,7-10,13H2,1H3. The van der Waals surface area contributed by atoms with E-state index in [0.29, 0.717) is 21.5 Å². The minimum atomic E-state index is -0.513. The fraction of sp³-hybridized carbons (Fsp3) is 0.333. The quantitative estimate of drug-likeness (QED) is 0.387. The molecule has 3 aromatic rings. The van der Waals surface area contributed by atoms with Gasteiger partial charge in [0.1, 0.15) is 11.5 Å². The molecule has 1 saturated heterocycles. The van der Waals surface area contributed by atoms with E-state index in [1.807, 2.05) is 12.1 Å². The number of thiazole rings is 1. The van der Waals surface area contributed by atoms with Crippen LogP contribution in [0.5, 0.6) is 11.5 Å². The number of carbonyl (C=O) groups is 1. The van der Waals surface area contributed by atoms with Gasteiger partial charge in [-0.3, -0.25) is 0 Å². The van der Waals surface area contributed by atoms with Crippen LogP contribution in [0.25, 0.3) is 10.2 Å². The predicted molar refractivity (Wildman–Crippen MR) is 122 cm³/mol. The van der Waals surface area contributed by atoms with E-state index in [4.69, 9.17) is 37.7 Å². The number of carbonyl (C=O) groups excluding carboxylic acids is 1. The van der Waals surface area contributed by atoms with Crippen molar-refractivity contribution in [3.05, 3.63) is 46.4 Å². The molecule has 6 nitrogen and oxygen atoms in total. The second-order valence-corrected chi connectivity index (χ2v) is 8.74. The summed E-state index contributed by atoms with van der Waals surface area (Å²) >= 11 is 13.5. The van der Waals surface area contributed by atoms with Crippen LogP contribution in [0.3, 0.4) is 0 Å². The first kappa shape index (κ1) is 21.2. The van der Waals surface area contributed by atoms with E-state index in [1.54, 1.807) is 35.6 Å². The fourth-order valence-electron chi connectivity index (χ4n) is 3.24. The van der Waals surface area contributed by atoms with Crippen molar-refractivity contribution in [1.29, 1.82) is 0 Å². The van der Waals surface area contributed by atoms with Crippen molar-refractivity contribution in [3.63, 3.8) is 0 Å². The number of hydrogen-bond donors (Lipinski definition) is 0. The molecule has 0 amide bonds. The van der Waals surface area contributed by atoms with Crippen molar-refractivity contribution in [2.45, 2.75) is 6.92 Å². The largest absolute Gasteiger partial charge is 0.480 e. The Morgan fingerprint density at radius 1 is 1.13 bits per heavy atom. The van der Waals surface area contributed by atoms with Crippen LogP contribution < -0.4 is 14.4 Å². The van der Waals surface area contributed by atoms with Gasteiger partial charge in [0.25, 0.3) is 0 Å². The van der Waals surface area contributed by atoms with Crippen LogP contribution in [0.15, 0.2) is 36.4 Å². The van der Waals surface area contributed by atoms with Gasteiger partial charge in [0, 0.05) is 37.3 Å². The van der Waals surface area contributed by atoms with Crippen molar-refractivity contribution < 1.29 is 14.3 Å². The molecule has 4 rings (SSSR count). The number of nitrogens with zero attached hydrogens (tertiary/aromatic N) is 3. The summed E-state index contributed by atoms with van der Waals surface area (Å²) in [6, 6.07) is 10.3. The molecule has 0 N–H and O–H groups in total. The number of esters is 1. The zero-order valence-corrected chi connectivity index (χ0v) is 18.8. The first-order chi connectivity index (χ1) is 14.5. The smallest absolute Gasteiger partial charge is 0.349 e. The number of benzene rings is 2. The summed E-state index contributed by atoms with van der Waals surface area (Å²) < 4.78 is 11.8. The lowest BCUT2D eigenvalue weighted by atomic mass is 10.3. The van der Waals surface area contributed by atoms with Gasteiger partial charge in [0.2, 0.25) is 0 Å². The van der Waals surface area contributed by atoms with Gasteiger partial charge in [0.05, 0.1) is 15.2 Å². The van der Waals surface area contributed by atoms with Gasteiger partial charge in [-0.15, -0.1) is 0 Å². The number of halogens is 2. The highest BCUT2D eigenvalue weighted by Crippen LogP contribution is 2.32. The van der Waals surface area contributed by atoms with Crippen LogP contribution in [0, 0.1) is 0 Å². The molecule has 9 heteroatoms. The average Bonchev–Trinajstić information content (AvgIpc) is 3.16. The number of piperazine rings is 1. The minimum absolute atomic E-state index is 0.255. The number of fused-ring (bicyclic) bond motifs is 1. The average molecular weight is 466 g/mol. The summed E-state index contributed by atoms with van der Waals surface area (Å²) in [6.45, 7) is 7.05. The summed E-state index contributed by atoms with van der Waals surface area (Å²) in [5.41, 5.74) is 0.900. The number of rotatable bonds is 6. The molecule has 30 heavy (non-hydrogen) atoms. The SMILES string of the molecule is CCN1CCN(c2nc3ccc(OC(=O)COc4ccc(Cl)cc4Cl)cc3s2)CC1. The first-order valence-electron chi connectivity index (χ1n) is 9.68. The highest BCUT2D eigenvalue weighted by Gasteiger charge is 2.19. The van der Waals surface area contributed by atoms with Crippen LogP contribution in [0.4, 0.5) is 5.13 Å². The first-order valence-corrected chi connectivity index (χ1v) is 11.3. The maximum absolute atomic E-state index is 12.2. The highest BCUT2D eigenvalue weighted by atomic mass is 35.5. The number of anilines is 1. The van der Waals surface area contributed by atoms with E-state index in [0.717, 1.165) is 48.1 Å². The molecular weight excluding hydrogens is 445 g/mol. The van der Waals surface area contributed by atoms with E-state index in [1.165, 1.54) is 0 Å². The summed E-state index contributed by atoms with van der Waals surface area (Å²) in [5.74, 6) is 0.328. The molecular formula is C21H21Cl2N3O3S. The second kappa shape index (κ2) is 9.39. The lowest BCUT2D eigenvalue weighted by molar-refractivity contribution is -0.136. The molecule has 1 fully saturated rings. The second-order valence-electron chi connectivity index (χ2n) is 6.88. The fourth-order valence-corrected chi connectivity index (χ4v) is 4.75. The molecule has 0 aliphatic carbocycles. The Kier molecular flexibility index (Phi) is 6.63. The van der Waals surface area contributed by atoms with E-state index in [-0.39, 0.29) is 6.61 Å². The molecule has 1 aromatic heterocycles. The van der Waals surface area contributed by atoms with Crippen LogP contribution in [-0.4, -0.2) is 55.2 Å². The summed E-state index contributed by atoms with van der Waals surface area (Å²) in [6.07, 6.45) is 0. The lowest BCUT2D eigenvalue weighted by Gasteiger charge is -2.33. The molecule has 158 valence electrons. The number of ether oxygens (including phenoxy) is 2. The van der Waals surface area contributed by atoms with Crippen LogP contribution >= 0.6 is 34.5 Å². The topological polar surface area (TPSA) is 54.9 Å². The minimum Gasteiger partial charge on any atom is -0.480 e. The Labute approximate surface area is 188 Å². The highest BCUT2D eigenvalue weighted by molar-refractivity contribution is 7.22. The molecule has 0 unspecified atom stereocenters. The molecule has 0 radical (unpaired) electrons. The van der Waals surface area contributed by atoms with Gasteiger partial charge in [-0.1, -0.05) is 41.5 Å². The van der Waals surface area contributed by atoms with Crippen molar-refractivity contribution in [3.8, 4) is 11.5 Å². The zero-order chi connectivity index (χ0) is 21.1. The molecule has 0 atom stereocenters. The van der Waals surface area contributed by atoms with Gasteiger partial charge in [-0.2, -0.15) is 0 Å². The van der Waals surface area contributed by atoms with E-state index < -0.39 is 5.97 Å². The molecule has 0 spiro atoms. The van der Waals surface area contributed by atoms with E-state index in [9.17, 15) is 4.79 Å². The molecule has 0 bridgehead atoms. The Bertz CT molecular complexity index is 1050. The van der Waals surface area contributed by atoms with Crippen LogP contribution in [0.2, 0.25) is 10.0 Å². The van der Waals surface area contributed by atoms with Crippen molar-refractivity contribution in [2.24, 2.45) is 0 Å². The van der Waals surface area contributed by atoms with Gasteiger partial charge < -0.3 is 19.3 Å². The Hall–Kier alpha value is -2.06. The van der Waals surface area contributed by atoms with Crippen molar-refractivity contribution in [1.82, 2.24) is 9.88 Å². The third-order valence-corrected chi connectivity index (χ3v) is 6.52. The molecule has 2 heterocycles. The van der Waals surface area contributed by atoms with Crippen LogP contribution in [-0.2, 0) is 4.79 Å². The van der Waals surface area contributed by atoms with Gasteiger partial charge in [-0.05, 0) is 36.9 Å². The molecule has 0 saturated carbocycles. The predicted octanol–water partition coefficient (Wildman–Crippen LogP) is 4.73. The Morgan fingerprint density at radius 2 is 1.93 bits per heavy atom. The lowest BCUT2D eigenvalue weighted by Crippen LogP contribution is -2.46. The molecule has 1 aliphatic heterocycles. The monoisotopic (exact) mass is 465 g/mol. The van der Waals surface area contributed by atoms with Crippen LogP contribution in [0.1, 0.15) is 6.92 Å². The maximum atomic E-state index is 12.2. The Balaban J connectivity index is 1.38. The zero-order valence-electron chi connectivity index (χ0n) is 16.4. The summed E-state index contributed by atoms with van der Waals surface area (Å²) in [4.78, 5) is 21.6. The Morgan fingerprint density at radius 3 is 2.67 bits per heavy atom. The third-order valence-electron chi connectivity index (χ3n) is 4.91. The summed E-state index contributed by atoms with van der Waals surface area (Å²) in [7, 11) is 0. The summed E-state index contributed by atoms with van der Waals surface area (Å²) in [5, 5.41) is 1.85. The molecule has 1 aliphatic rings. The van der Waals surface area contributed by atoms with Gasteiger partial charge >= 0.3 is 5.97 Å². The van der Waals surface area contributed by atoms with E-state index in [2.05, 4.69) is 16.7 Å². The third kappa shape index (κ3) is 4.98. The van der Waals surface area contributed by atoms with E-state index >= 15 is 0 Å².